The van der Waals surface area contributed by atoms with Crippen LogP contribution in [0.3, 0.4) is 0 Å². The summed E-state index contributed by atoms with van der Waals surface area (Å²) in [6, 6.07) is 0. The molecule has 3 nitrogen and oxygen atoms in total. The van der Waals surface area contributed by atoms with Crippen LogP contribution < -0.4 is 0 Å². The predicted octanol–water partition coefficient (Wildman–Crippen LogP) is 5.68. The van der Waals surface area contributed by atoms with Crippen molar-refractivity contribution in [2.24, 2.45) is 40.4 Å². The summed E-state index contributed by atoms with van der Waals surface area (Å²) in [5.41, 5.74) is 0.738. The fourth-order valence-corrected chi connectivity index (χ4v) is 8.53. The number of hydrogen-bond acceptors (Lipinski definition) is 3. The van der Waals surface area contributed by atoms with E-state index in [1.54, 1.807) is 0 Å². The lowest BCUT2D eigenvalue weighted by atomic mass is 9.46. The van der Waals surface area contributed by atoms with Crippen molar-refractivity contribution in [2.45, 2.75) is 111 Å². The zero-order valence-corrected chi connectivity index (χ0v) is 19.9. The zero-order chi connectivity index (χ0) is 21.9. The van der Waals surface area contributed by atoms with E-state index in [2.05, 4.69) is 27.7 Å². The van der Waals surface area contributed by atoms with Gasteiger partial charge in [-0.05, 0) is 111 Å². The van der Waals surface area contributed by atoms with Crippen molar-refractivity contribution in [2.75, 3.05) is 0 Å². The Bertz CT molecular complexity index is 707. The van der Waals surface area contributed by atoms with Crippen LogP contribution in [0.1, 0.15) is 98.8 Å². The van der Waals surface area contributed by atoms with Gasteiger partial charge < -0.3 is 10.2 Å². The van der Waals surface area contributed by atoms with Gasteiger partial charge in [-0.3, -0.25) is 4.79 Å². The third kappa shape index (κ3) is 3.43. The molecule has 3 saturated carbocycles. The van der Waals surface area contributed by atoms with Crippen molar-refractivity contribution in [3.05, 3.63) is 11.6 Å². The smallest absolute Gasteiger partial charge is 0.155 e. The number of fused-ring (bicyclic) bond motifs is 5. The molecule has 0 aromatic carbocycles. The molecule has 0 amide bonds. The van der Waals surface area contributed by atoms with E-state index in [9.17, 15) is 15.0 Å². The first-order chi connectivity index (χ1) is 14.0. The summed E-state index contributed by atoms with van der Waals surface area (Å²) in [5, 5.41) is 22.5. The molecule has 2 N–H and O–H groups in total. The summed E-state index contributed by atoms with van der Waals surface area (Å²) >= 11 is 0. The van der Waals surface area contributed by atoms with Crippen LogP contribution in [0.4, 0.5) is 0 Å². The maximum atomic E-state index is 12.0. The number of hydrogen-bond donors (Lipinski definition) is 2. The molecule has 170 valence electrons. The molecular formula is C27H44O3. The highest BCUT2D eigenvalue weighted by atomic mass is 16.3. The summed E-state index contributed by atoms with van der Waals surface area (Å²) in [4.78, 5) is 12.0. The van der Waals surface area contributed by atoms with E-state index in [0.717, 1.165) is 32.1 Å². The highest BCUT2D eigenvalue weighted by molar-refractivity contribution is 5.91. The van der Waals surface area contributed by atoms with E-state index >= 15 is 0 Å². The van der Waals surface area contributed by atoms with E-state index in [1.165, 1.54) is 24.8 Å². The molecule has 0 saturated heterocycles. The largest absolute Gasteiger partial charge is 0.390 e. The molecular weight excluding hydrogens is 372 g/mol. The van der Waals surface area contributed by atoms with Gasteiger partial charge in [0.1, 0.15) is 0 Å². The van der Waals surface area contributed by atoms with E-state index < -0.39 is 11.7 Å². The number of ketones is 1. The minimum Gasteiger partial charge on any atom is -0.390 e. The summed E-state index contributed by atoms with van der Waals surface area (Å²) in [6.07, 6.45) is 11.6. The maximum Gasteiger partial charge on any atom is 0.155 e. The fourth-order valence-electron chi connectivity index (χ4n) is 8.53. The average Bonchev–Trinajstić information content (AvgIpc) is 3.04. The van der Waals surface area contributed by atoms with E-state index in [-0.39, 0.29) is 16.7 Å². The van der Waals surface area contributed by atoms with Gasteiger partial charge in [0.15, 0.2) is 5.78 Å². The molecule has 4 aliphatic rings. The molecule has 0 spiro atoms. The SMILES string of the molecule is CC(C)CCC(O)[C@](C)(O)[C@H]1CC[C@H]2[C@@H]3CCC4=CC(=O)CC[C@]4(C)[C@H]3CC[C@@]21C. The van der Waals surface area contributed by atoms with Crippen LogP contribution in [-0.4, -0.2) is 27.7 Å². The lowest BCUT2D eigenvalue weighted by molar-refractivity contribution is -0.152. The van der Waals surface area contributed by atoms with E-state index in [4.69, 9.17) is 0 Å². The molecule has 4 rings (SSSR count). The second kappa shape index (κ2) is 7.73. The normalized spacial score (nSPS) is 44.0. The Balaban J connectivity index is 1.56. The molecule has 0 aromatic rings. The summed E-state index contributed by atoms with van der Waals surface area (Å²) in [6.45, 7) is 11.1. The molecule has 8 atom stereocenters. The second-order valence-corrected chi connectivity index (χ2v) is 12.4. The molecule has 0 aliphatic heterocycles. The second-order valence-electron chi connectivity index (χ2n) is 12.4. The predicted molar refractivity (Wildman–Crippen MR) is 121 cm³/mol. The van der Waals surface area contributed by atoms with Crippen LogP contribution in [0.2, 0.25) is 0 Å². The van der Waals surface area contributed by atoms with Gasteiger partial charge in [0.2, 0.25) is 0 Å². The third-order valence-electron chi connectivity index (χ3n) is 10.4. The third-order valence-corrected chi connectivity index (χ3v) is 10.4. The molecule has 0 heterocycles. The number of carbonyl (C=O) groups excluding carboxylic acids is 1. The molecule has 3 fully saturated rings. The maximum absolute atomic E-state index is 12.0. The van der Waals surface area contributed by atoms with E-state index in [0.29, 0.717) is 42.3 Å². The minimum absolute atomic E-state index is 0.117. The highest BCUT2D eigenvalue weighted by Gasteiger charge is 2.62. The first-order valence-corrected chi connectivity index (χ1v) is 12.6. The van der Waals surface area contributed by atoms with Gasteiger partial charge in [-0.1, -0.05) is 33.3 Å². The van der Waals surface area contributed by atoms with Crippen LogP contribution in [0.15, 0.2) is 11.6 Å². The monoisotopic (exact) mass is 416 g/mol. The van der Waals surface area contributed by atoms with Gasteiger partial charge >= 0.3 is 0 Å². The number of carbonyl (C=O) groups is 1. The van der Waals surface area contributed by atoms with E-state index in [1.807, 2.05) is 13.0 Å². The Kier molecular flexibility index (Phi) is 5.80. The molecule has 3 heteroatoms. The first-order valence-electron chi connectivity index (χ1n) is 12.6. The molecule has 0 bridgehead atoms. The molecule has 0 aromatic heterocycles. The topological polar surface area (TPSA) is 57.5 Å². The van der Waals surface area contributed by atoms with Crippen LogP contribution in [-0.2, 0) is 4.79 Å². The zero-order valence-electron chi connectivity index (χ0n) is 19.9. The van der Waals surface area contributed by atoms with Crippen LogP contribution in [0.25, 0.3) is 0 Å². The van der Waals surface area contributed by atoms with Gasteiger partial charge in [-0.15, -0.1) is 0 Å². The van der Waals surface area contributed by atoms with Crippen molar-refractivity contribution in [3.63, 3.8) is 0 Å². The minimum atomic E-state index is -1.01. The Labute approximate surface area is 183 Å². The molecule has 4 aliphatic carbocycles. The van der Waals surface area contributed by atoms with Gasteiger partial charge in [0, 0.05) is 6.42 Å². The van der Waals surface area contributed by atoms with Crippen molar-refractivity contribution in [3.8, 4) is 0 Å². The van der Waals surface area contributed by atoms with Gasteiger partial charge in [-0.25, -0.2) is 0 Å². The highest BCUT2D eigenvalue weighted by Crippen LogP contribution is 2.68. The first kappa shape index (κ1) is 22.5. The van der Waals surface area contributed by atoms with Crippen molar-refractivity contribution in [1.82, 2.24) is 0 Å². The summed E-state index contributed by atoms with van der Waals surface area (Å²) in [5.74, 6) is 3.07. The Morgan fingerprint density at radius 2 is 1.80 bits per heavy atom. The van der Waals surface area contributed by atoms with Crippen LogP contribution in [0.5, 0.6) is 0 Å². The molecule has 30 heavy (non-hydrogen) atoms. The van der Waals surface area contributed by atoms with Gasteiger partial charge in [0.05, 0.1) is 11.7 Å². The Morgan fingerprint density at radius 1 is 1.07 bits per heavy atom. The lowest BCUT2D eigenvalue weighted by Crippen LogP contribution is -2.55. The molecule has 0 radical (unpaired) electrons. The lowest BCUT2D eigenvalue weighted by Gasteiger charge is -2.59. The fraction of sp³-hybridized carbons (Fsp3) is 0.889. The summed E-state index contributed by atoms with van der Waals surface area (Å²) in [7, 11) is 0. The standard InChI is InChI=1S/C27H44O3/c1-17(2)6-11-24(29)27(5,30)23-10-9-21-20-8-7-18-16-19(28)12-14-25(18,3)22(20)13-15-26(21,23)4/h16-17,20-24,29-30H,6-15H2,1-5H3/t20-,21-,22-,23-,24?,25-,26-,27+/m0/s1. The van der Waals surface area contributed by atoms with Crippen LogP contribution >= 0.6 is 0 Å². The van der Waals surface area contributed by atoms with Crippen molar-refractivity contribution in [1.29, 1.82) is 0 Å². The van der Waals surface area contributed by atoms with Crippen molar-refractivity contribution >= 4 is 5.78 Å². The number of aliphatic hydroxyl groups excluding tert-OH is 1. The molecule has 1 unspecified atom stereocenters. The number of rotatable bonds is 5. The quantitative estimate of drug-likeness (QED) is 0.606. The Morgan fingerprint density at radius 3 is 2.50 bits per heavy atom. The summed E-state index contributed by atoms with van der Waals surface area (Å²) < 4.78 is 0. The van der Waals surface area contributed by atoms with Gasteiger partial charge in [-0.2, -0.15) is 0 Å². The van der Waals surface area contributed by atoms with Crippen LogP contribution in [0, 0.1) is 40.4 Å². The number of aliphatic hydroxyl groups is 2. The number of allylic oxidation sites excluding steroid dienone is 1. The van der Waals surface area contributed by atoms with Crippen molar-refractivity contribution < 1.29 is 15.0 Å². The average molecular weight is 417 g/mol. The van der Waals surface area contributed by atoms with Gasteiger partial charge in [0.25, 0.3) is 0 Å². The Hall–Kier alpha value is -0.670.